The summed E-state index contributed by atoms with van der Waals surface area (Å²) < 4.78 is 36.5. The van der Waals surface area contributed by atoms with E-state index in [-0.39, 0.29) is 5.92 Å². The van der Waals surface area contributed by atoms with Gasteiger partial charge in [-0.1, -0.05) is 75.6 Å². The summed E-state index contributed by atoms with van der Waals surface area (Å²) in [5.74, 6) is 1.44. The van der Waals surface area contributed by atoms with Crippen molar-refractivity contribution in [3.05, 3.63) is 82.4 Å². The zero-order chi connectivity index (χ0) is 31.9. The Morgan fingerprint density at radius 2 is 1.96 bits per heavy atom. The van der Waals surface area contributed by atoms with Gasteiger partial charge in [0.1, 0.15) is 12.4 Å². The van der Waals surface area contributed by atoms with Crippen molar-refractivity contribution < 1.29 is 17.9 Å². The third kappa shape index (κ3) is 6.19. The number of fused-ring (bicyclic) bond motifs is 4. The van der Waals surface area contributed by atoms with Crippen LogP contribution in [0.4, 0.5) is 5.69 Å². The maximum atomic E-state index is 13.7. The molecule has 45 heavy (non-hydrogen) atoms. The van der Waals surface area contributed by atoms with Gasteiger partial charge in [0.05, 0.1) is 16.4 Å². The van der Waals surface area contributed by atoms with Gasteiger partial charge in [0.2, 0.25) is 10.0 Å². The molecule has 2 aliphatic carbocycles. The van der Waals surface area contributed by atoms with E-state index < -0.39 is 26.6 Å². The van der Waals surface area contributed by atoms with Crippen LogP contribution in [0.25, 0.3) is 0 Å². The highest BCUT2D eigenvalue weighted by atomic mass is 35.5. The number of nitrogens with one attached hydrogen (secondary N) is 1. The summed E-state index contributed by atoms with van der Waals surface area (Å²) in [6, 6.07) is 11.5. The smallest absolute Gasteiger partial charge is 0.264 e. The molecule has 1 spiro atoms. The van der Waals surface area contributed by atoms with Crippen molar-refractivity contribution in [3.8, 4) is 5.75 Å². The number of rotatable bonds is 3. The van der Waals surface area contributed by atoms with Crippen LogP contribution in [0.5, 0.6) is 5.75 Å². The predicted octanol–water partition coefficient (Wildman–Crippen LogP) is 7.86. The van der Waals surface area contributed by atoms with Gasteiger partial charge in [0.15, 0.2) is 0 Å². The Morgan fingerprint density at radius 3 is 2.71 bits per heavy atom. The highest BCUT2D eigenvalue weighted by Gasteiger charge is 2.46. The first-order valence-electron chi connectivity index (χ1n) is 16.7. The number of allylic oxidation sites excluding steroid dienone is 2. The molecule has 0 saturated heterocycles. The third-order valence-corrected chi connectivity index (χ3v) is 13.3. The molecule has 1 saturated carbocycles. The van der Waals surface area contributed by atoms with Crippen LogP contribution in [0.1, 0.15) is 87.2 Å². The minimum atomic E-state index is -3.90. The Labute approximate surface area is 274 Å². The molecule has 6 rings (SSSR count). The van der Waals surface area contributed by atoms with E-state index in [0.717, 1.165) is 54.9 Å². The minimum absolute atomic E-state index is 0.108. The van der Waals surface area contributed by atoms with Gasteiger partial charge in [-0.2, -0.15) is 0 Å². The number of hydrogen-bond donors (Lipinski definition) is 1. The lowest BCUT2D eigenvalue weighted by Gasteiger charge is -2.46. The van der Waals surface area contributed by atoms with Gasteiger partial charge in [-0.15, -0.1) is 0 Å². The van der Waals surface area contributed by atoms with Crippen molar-refractivity contribution in [1.29, 1.82) is 0 Å². The van der Waals surface area contributed by atoms with Crippen LogP contribution in [0, 0.1) is 23.7 Å². The number of hydrogen-bond acceptors (Lipinski definition) is 5. The fourth-order valence-electron chi connectivity index (χ4n) is 8.19. The van der Waals surface area contributed by atoms with Crippen molar-refractivity contribution in [2.75, 3.05) is 24.6 Å². The molecule has 2 aromatic rings. The van der Waals surface area contributed by atoms with E-state index in [1.54, 1.807) is 6.07 Å². The topological polar surface area (TPSA) is 75.7 Å². The van der Waals surface area contributed by atoms with E-state index in [0.29, 0.717) is 55.1 Å². The van der Waals surface area contributed by atoms with Gasteiger partial charge in [-0.3, -0.25) is 4.79 Å². The van der Waals surface area contributed by atoms with Gasteiger partial charge >= 0.3 is 0 Å². The highest BCUT2D eigenvalue weighted by Crippen LogP contribution is 2.48. The second-order valence-electron chi connectivity index (χ2n) is 14.0. The largest absolute Gasteiger partial charge is 0.490 e. The monoisotopic (exact) mass is 650 g/mol. The predicted molar refractivity (Wildman–Crippen MR) is 183 cm³/mol. The number of sulfonamides is 1. The summed E-state index contributed by atoms with van der Waals surface area (Å²) >= 11 is 6.44. The fourth-order valence-corrected chi connectivity index (χ4v) is 10.1. The number of halogens is 1. The van der Waals surface area contributed by atoms with Crippen molar-refractivity contribution in [2.45, 2.75) is 82.8 Å². The summed E-state index contributed by atoms with van der Waals surface area (Å²) in [7, 11) is -3.90. The first-order chi connectivity index (χ1) is 21.5. The quantitative estimate of drug-likeness (QED) is 0.342. The van der Waals surface area contributed by atoms with E-state index in [2.05, 4.69) is 54.3 Å². The van der Waals surface area contributed by atoms with Crippen LogP contribution < -0.4 is 14.4 Å². The second kappa shape index (κ2) is 12.8. The van der Waals surface area contributed by atoms with E-state index in [1.165, 1.54) is 17.5 Å². The molecule has 242 valence electrons. The molecule has 8 heteroatoms. The Kier molecular flexibility index (Phi) is 9.15. The van der Waals surface area contributed by atoms with Crippen LogP contribution in [-0.4, -0.2) is 39.3 Å². The summed E-state index contributed by atoms with van der Waals surface area (Å²) in [5, 5.41) is 0.0904. The van der Waals surface area contributed by atoms with Crippen LogP contribution in [0.3, 0.4) is 0 Å². The molecule has 6 nitrogen and oxygen atoms in total. The molecule has 2 bridgehead atoms. The third-order valence-electron chi connectivity index (χ3n) is 11.1. The number of carbonyl (C=O) groups is 1. The molecule has 2 heterocycles. The number of anilines is 1. The first-order valence-corrected chi connectivity index (χ1v) is 18.7. The SMILES string of the molecule is C=C1CCc2cc(Cl)ccc2[C@@]12COc1ccc3cc1N(C[C@@H]1CC[C@H]1[C@@H](C)/C=C\C[C@@H](C)[C@H](CCCC)S(=O)(=O)NC3=O)C2. The number of carbonyl (C=O) groups excluding carboxylic acids is 1. The molecule has 1 fully saturated rings. The average Bonchev–Trinajstić information content (AvgIpc) is 3.14. The van der Waals surface area contributed by atoms with Crippen LogP contribution in [-0.2, 0) is 21.9 Å². The van der Waals surface area contributed by atoms with Gasteiger partial charge < -0.3 is 9.64 Å². The standard InChI is InChI=1S/C37H47ClN2O4S/c1-5-6-10-35-25(3)9-7-8-24(2)31-16-13-29(31)21-40-22-37(26(4)11-12-27-19-30(38)15-17-32(27)37)23-44-34-18-14-28(20-33(34)40)36(41)39-45(35,42)43/h7-8,14-15,17-20,24-25,29,31,35H,4-6,9-13,16,21-23H2,1-3H3,(H,39,41)/b8-7-/t24-,25+,29-,31-,35-,37-/m0/s1. The van der Waals surface area contributed by atoms with Crippen LogP contribution in [0.2, 0.25) is 5.02 Å². The molecule has 1 amide bonds. The molecule has 2 aliphatic heterocycles. The van der Waals surface area contributed by atoms with Crippen molar-refractivity contribution in [1.82, 2.24) is 4.72 Å². The molecule has 0 aromatic heterocycles. The molecule has 6 atom stereocenters. The lowest BCUT2D eigenvalue weighted by Crippen LogP contribution is -2.49. The Hall–Kier alpha value is -2.77. The second-order valence-corrected chi connectivity index (χ2v) is 16.3. The molecular formula is C37H47ClN2O4S. The maximum Gasteiger partial charge on any atom is 0.264 e. The Balaban J connectivity index is 1.43. The van der Waals surface area contributed by atoms with Crippen molar-refractivity contribution in [2.24, 2.45) is 23.7 Å². The molecular weight excluding hydrogens is 604 g/mol. The number of benzene rings is 2. The van der Waals surface area contributed by atoms with Crippen LogP contribution >= 0.6 is 11.6 Å². The Bertz CT molecular complexity index is 1600. The summed E-state index contributed by atoms with van der Waals surface area (Å²) in [5.41, 5.74) is 4.32. The Morgan fingerprint density at radius 1 is 1.13 bits per heavy atom. The van der Waals surface area contributed by atoms with Crippen molar-refractivity contribution in [3.63, 3.8) is 0 Å². The molecule has 4 aliphatic rings. The van der Waals surface area contributed by atoms with E-state index >= 15 is 0 Å². The number of nitrogens with zero attached hydrogens (tertiary/aromatic N) is 1. The number of aryl methyl sites for hydroxylation is 1. The van der Waals surface area contributed by atoms with E-state index in [1.807, 2.05) is 25.1 Å². The first kappa shape index (κ1) is 32.2. The normalized spacial score (nSPS) is 31.9. The fraction of sp³-hybridized carbons (Fsp3) is 0.541. The zero-order valence-corrected chi connectivity index (χ0v) is 28.4. The summed E-state index contributed by atoms with van der Waals surface area (Å²) in [6.07, 6.45) is 11.4. The number of amides is 1. The lowest BCUT2D eigenvalue weighted by atomic mass is 9.65. The highest BCUT2D eigenvalue weighted by molar-refractivity contribution is 7.90. The van der Waals surface area contributed by atoms with Crippen LogP contribution in [0.15, 0.2) is 60.7 Å². The van der Waals surface area contributed by atoms with Crippen molar-refractivity contribution >= 4 is 33.2 Å². The van der Waals surface area contributed by atoms with Gasteiger partial charge in [-0.25, -0.2) is 13.1 Å². The zero-order valence-electron chi connectivity index (χ0n) is 26.9. The van der Waals surface area contributed by atoms with Gasteiger partial charge in [0, 0.05) is 23.7 Å². The van der Waals surface area contributed by atoms with Gasteiger partial charge in [-0.05, 0) is 104 Å². The molecule has 1 N–H and O–H groups in total. The maximum absolute atomic E-state index is 13.7. The molecule has 2 aromatic carbocycles. The molecule has 0 radical (unpaired) electrons. The summed E-state index contributed by atoms with van der Waals surface area (Å²) in [6.45, 7) is 12.9. The lowest BCUT2D eigenvalue weighted by molar-refractivity contribution is 0.0980. The molecule has 0 unspecified atom stereocenters. The average molecular weight is 651 g/mol. The number of ether oxygens (including phenoxy) is 1. The van der Waals surface area contributed by atoms with E-state index in [9.17, 15) is 13.2 Å². The number of unbranched alkanes of at least 4 members (excludes halogenated alkanes) is 1. The summed E-state index contributed by atoms with van der Waals surface area (Å²) in [4.78, 5) is 16.0. The van der Waals surface area contributed by atoms with Gasteiger partial charge in [0.25, 0.3) is 5.91 Å². The van der Waals surface area contributed by atoms with E-state index in [4.69, 9.17) is 16.3 Å². The minimum Gasteiger partial charge on any atom is -0.490 e.